The van der Waals surface area contributed by atoms with Crippen molar-refractivity contribution in [2.45, 2.75) is 24.6 Å². The van der Waals surface area contributed by atoms with Crippen LogP contribution in [-0.2, 0) is 16.1 Å². The summed E-state index contributed by atoms with van der Waals surface area (Å²) in [6, 6.07) is 6.67. The highest BCUT2D eigenvalue weighted by atomic mass is 16.5. The van der Waals surface area contributed by atoms with Gasteiger partial charge in [0.2, 0.25) is 5.91 Å². The first-order valence-electron chi connectivity index (χ1n) is 14.7. The van der Waals surface area contributed by atoms with Crippen LogP contribution >= 0.6 is 0 Å². The maximum atomic E-state index is 13.0. The molecule has 3 amide bonds. The summed E-state index contributed by atoms with van der Waals surface area (Å²) in [7, 11) is 19.6. The summed E-state index contributed by atoms with van der Waals surface area (Å²) in [5.41, 5.74) is 0.893. The number of methoxy groups -OCH3 is 2. The van der Waals surface area contributed by atoms with Crippen molar-refractivity contribution in [1.82, 2.24) is 35.5 Å². The van der Waals surface area contributed by atoms with Gasteiger partial charge in [0.05, 0.1) is 61.2 Å². The second kappa shape index (κ2) is 12.7. The third-order valence-electron chi connectivity index (χ3n) is 8.09. The Bertz CT molecular complexity index is 1630. The van der Waals surface area contributed by atoms with E-state index in [-0.39, 0.29) is 41.0 Å². The van der Waals surface area contributed by atoms with Crippen LogP contribution in [0.1, 0.15) is 29.2 Å². The summed E-state index contributed by atoms with van der Waals surface area (Å²) in [4.78, 5) is 45.8. The minimum atomic E-state index is -2.01. The molecule has 2 aliphatic heterocycles. The number of carbonyl (C=O) groups is 3. The topological polar surface area (TPSA) is 177 Å². The number of amides is 3. The normalized spacial score (nSPS) is 19.4. The SMILES string of the molecule is [B]C([B])([B])NC(=O)c1nnc(NC(=O)C2CC2)cc1Nc1cccc(-c2nc(CN3CC4CN(C(=O)OC)CC4C3)no2)c1OC. The fourth-order valence-corrected chi connectivity index (χ4v) is 5.84. The van der Waals surface area contributed by atoms with Crippen molar-refractivity contribution in [3.8, 4) is 17.2 Å². The van der Waals surface area contributed by atoms with Gasteiger partial charge in [-0.1, -0.05) is 16.5 Å². The van der Waals surface area contributed by atoms with E-state index in [9.17, 15) is 14.4 Å². The molecular weight excluding hydrogens is 591 g/mol. The van der Waals surface area contributed by atoms with E-state index in [1.807, 2.05) is 0 Å². The standard InChI is InChI=1S/C28H30B3N9O6/c1-44-23-17(26-34-21(38-46-26)13-39-9-15-11-40(27(43)45-2)12-16(15)10-39)4-3-5-18(23)32-19-8-20(33-24(41)14-6-7-14)36-37-22(19)25(42)35-28(29,30)31/h3-5,8,14-16H,6-7,9-13H2,1-2H3,(H,35,42)(H2,32,33,36,41). The fourth-order valence-electron chi connectivity index (χ4n) is 5.84. The highest BCUT2D eigenvalue weighted by molar-refractivity contribution is 6.60. The van der Waals surface area contributed by atoms with Crippen LogP contribution in [0.5, 0.6) is 5.75 Å². The molecule has 15 nitrogen and oxygen atoms in total. The van der Waals surface area contributed by atoms with Gasteiger partial charge in [-0.2, -0.15) is 4.98 Å². The number of anilines is 3. The van der Waals surface area contributed by atoms with Crippen LogP contribution in [0.4, 0.5) is 22.0 Å². The second-order valence-electron chi connectivity index (χ2n) is 11.8. The molecule has 0 spiro atoms. The first kappa shape index (κ1) is 31.4. The third kappa shape index (κ3) is 6.96. The molecule has 232 valence electrons. The van der Waals surface area contributed by atoms with Crippen molar-refractivity contribution in [1.29, 1.82) is 0 Å². The molecular formula is C28H30B3N9O6. The van der Waals surface area contributed by atoms with Gasteiger partial charge in [0.1, 0.15) is 0 Å². The largest absolute Gasteiger partial charge is 0.494 e. The van der Waals surface area contributed by atoms with E-state index in [1.165, 1.54) is 20.3 Å². The molecule has 1 saturated carbocycles. The zero-order chi connectivity index (χ0) is 32.6. The van der Waals surface area contributed by atoms with Crippen LogP contribution in [0.3, 0.4) is 0 Å². The molecule has 2 atom stereocenters. The van der Waals surface area contributed by atoms with E-state index in [2.05, 4.69) is 41.2 Å². The Labute approximate surface area is 268 Å². The lowest BCUT2D eigenvalue weighted by atomic mass is 9.49. The molecule has 3 N–H and O–H groups in total. The summed E-state index contributed by atoms with van der Waals surface area (Å²) in [5, 5.41) is 18.2. The van der Waals surface area contributed by atoms with E-state index in [0.717, 1.165) is 25.9 Å². The minimum Gasteiger partial charge on any atom is -0.494 e. The maximum absolute atomic E-state index is 13.0. The molecule has 2 saturated heterocycles. The van der Waals surface area contributed by atoms with Crippen LogP contribution < -0.4 is 20.7 Å². The molecule has 0 bridgehead atoms. The maximum Gasteiger partial charge on any atom is 0.409 e. The number of rotatable bonds is 10. The number of carbonyl (C=O) groups excluding carboxylic acids is 3. The molecule has 6 radical (unpaired) electrons. The molecule has 3 aliphatic rings. The minimum absolute atomic E-state index is 0.0772. The number of nitrogens with zero attached hydrogens (tertiary/aromatic N) is 6. The molecule has 18 heteroatoms. The first-order valence-corrected chi connectivity index (χ1v) is 14.7. The average molecular weight is 621 g/mol. The average Bonchev–Trinajstić information content (AvgIpc) is 3.47. The molecule has 4 heterocycles. The molecule has 3 aromatic rings. The number of ether oxygens (including phenoxy) is 2. The number of hydrogen-bond donors (Lipinski definition) is 3. The lowest BCUT2D eigenvalue weighted by Crippen LogP contribution is -2.50. The van der Waals surface area contributed by atoms with Crippen molar-refractivity contribution in [3.05, 3.63) is 35.8 Å². The molecule has 1 aromatic carbocycles. The molecule has 6 rings (SSSR count). The van der Waals surface area contributed by atoms with Crippen molar-refractivity contribution in [2.24, 2.45) is 17.8 Å². The Balaban J connectivity index is 1.20. The van der Waals surface area contributed by atoms with E-state index < -0.39 is 11.1 Å². The Morgan fingerprint density at radius 1 is 1.04 bits per heavy atom. The van der Waals surface area contributed by atoms with Crippen molar-refractivity contribution in [3.63, 3.8) is 0 Å². The van der Waals surface area contributed by atoms with Crippen LogP contribution in [-0.4, -0.2) is 117 Å². The van der Waals surface area contributed by atoms with Gasteiger partial charge in [0, 0.05) is 38.2 Å². The van der Waals surface area contributed by atoms with Gasteiger partial charge in [0.25, 0.3) is 11.8 Å². The summed E-state index contributed by atoms with van der Waals surface area (Å²) in [6.07, 6.45) is 1.30. The molecule has 46 heavy (non-hydrogen) atoms. The lowest BCUT2D eigenvalue weighted by molar-refractivity contribution is -0.117. The zero-order valence-electron chi connectivity index (χ0n) is 25.4. The molecule has 2 aromatic heterocycles. The number of para-hydroxylation sites is 1. The summed E-state index contributed by atoms with van der Waals surface area (Å²) < 4.78 is 16.2. The predicted octanol–water partition coefficient (Wildman–Crippen LogP) is 0.604. The van der Waals surface area contributed by atoms with Crippen molar-refractivity contribution in [2.75, 3.05) is 51.0 Å². The van der Waals surface area contributed by atoms with Gasteiger partial charge < -0.3 is 34.8 Å². The van der Waals surface area contributed by atoms with E-state index in [4.69, 9.17) is 37.5 Å². The van der Waals surface area contributed by atoms with Crippen LogP contribution in [0.2, 0.25) is 0 Å². The first-order chi connectivity index (χ1) is 22.0. The number of nitrogens with one attached hydrogen (secondary N) is 3. The highest BCUT2D eigenvalue weighted by Gasteiger charge is 2.42. The van der Waals surface area contributed by atoms with E-state index >= 15 is 0 Å². The summed E-state index contributed by atoms with van der Waals surface area (Å²) in [6.45, 7) is 3.43. The Morgan fingerprint density at radius 2 is 1.78 bits per heavy atom. The molecule has 2 unspecified atom stereocenters. The smallest absolute Gasteiger partial charge is 0.409 e. The Kier molecular flexibility index (Phi) is 8.64. The monoisotopic (exact) mass is 621 g/mol. The Morgan fingerprint density at radius 3 is 2.43 bits per heavy atom. The number of aromatic nitrogens is 4. The lowest BCUT2D eigenvalue weighted by Gasteiger charge is -2.23. The number of hydrogen-bond acceptors (Lipinski definition) is 12. The highest BCUT2D eigenvalue weighted by Crippen LogP contribution is 2.38. The number of benzene rings is 1. The van der Waals surface area contributed by atoms with Crippen LogP contribution in [0, 0.1) is 17.8 Å². The summed E-state index contributed by atoms with van der Waals surface area (Å²) in [5.74, 6) is 0.869. The van der Waals surface area contributed by atoms with Crippen LogP contribution in [0.15, 0.2) is 28.8 Å². The van der Waals surface area contributed by atoms with Crippen LogP contribution in [0.25, 0.3) is 11.5 Å². The van der Waals surface area contributed by atoms with Gasteiger partial charge >= 0.3 is 6.09 Å². The van der Waals surface area contributed by atoms with Gasteiger partial charge in [-0.3, -0.25) is 14.5 Å². The second-order valence-corrected chi connectivity index (χ2v) is 11.8. The van der Waals surface area contributed by atoms with Gasteiger partial charge in [-0.05, 0) is 36.8 Å². The van der Waals surface area contributed by atoms with Gasteiger partial charge in [-0.25, -0.2) is 4.79 Å². The van der Waals surface area contributed by atoms with Gasteiger partial charge in [-0.15, -0.1) is 10.2 Å². The third-order valence-corrected chi connectivity index (χ3v) is 8.09. The fraction of sp³-hybridized carbons (Fsp3) is 0.464. The van der Waals surface area contributed by atoms with Gasteiger partial charge in [0.15, 0.2) is 23.1 Å². The molecule has 3 fully saturated rings. The predicted molar refractivity (Wildman–Crippen MR) is 167 cm³/mol. The zero-order valence-corrected chi connectivity index (χ0v) is 25.4. The number of fused-ring (bicyclic) bond motifs is 1. The number of likely N-dealkylation sites (tertiary alicyclic amines) is 2. The quantitative estimate of drug-likeness (QED) is 0.269. The summed E-state index contributed by atoms with van der Waals surface area (Å²) >= 11 is 0. The van der Waals surface area contributed by atoms with E-state index in [0.29, 0.717) is 54.3 Å². The van der Waals surface area contributed by atoms with E-state index in [1.54, 1.807) is 23.1 Å². The molecule has 1 aliphatic carbocycles. The Hall–Kier alpha value is -4.60. The van der Waals surface area contributed by atoms with Crippen molar-refractivity contribution >= 4 is 58.6 Å². The van der Waals surface area contributed by atoms with Crippen molar-refractivity contribution < 1.29 is 28.4 Å².